The predicted octanol–water partition coefficient (Wildman–Crippen LogP) is 16.0. The third kappa shape index (κ3) is 7.70. The van der Waals surface area contributed by atoms with Crippen molar-refractivity contribution >= 4 is 50.9 Å². The number of ether oxygens (including phenoxy) is 1. The van der Waals surface area contributed by atoms with Gasteiger partial charge in [0.1, 0.15) is 30.0 Å². The van der Waals surface area contributed by atoms with E-state index in [2.05, 4.69) is 240 Å². The molecule has 0 fully saturated rings. The van der Waals surface area contributed by atoms with Gasteiger partial charge in [-0.25, -0.2) is 19.9 Å². The molecule has 7 atom stereocenters. The average molecular weight is 1090 g/mol. The maximum Gasteiger partial charge on any atom is 0.166 e. The minimum atomic E-state index is -0.309. The van der Waals surface area contributed by atoms with Crippen molar-refractivity contribution in [1.29, 1.82) is 0 Å². The first kappa shape index (κ1) is 49.4. The lowest BCUT2D eigenvalue weighted by Gasteiger charge is -2.36. The van der Waals surface area contributed by atoms with Gasteiger partial charge in [-0.05, 0) is 90.6 Å². The summed E-state index contributed by atoms with van der Waals surface area (Å²) in [6, 6.07) is 36.6. The van der Waals surface area contributed by atoms with Gasteiger partial charge in [0.2, 0.25) is 0 Å². The summed E-state index contributed by atoms with van der Waals surface area (Å²) in [6.07, 6.45) is 48.0. The monoisotopic (exact) mass is 1090 g/mol. The van der Waals surface area contributed by atoms with Gasteiger partial charge in [-0.3, -0.25) is 5.32 Å². The molecule has 9 nitrogen and oxygen atoms in total. The minimum Gasteiger partial charge on any atom is -0.485 e. The Labute approximate surface area is 490 Å². The van der Waals surface area contributed by atoms with Gasteiger partial charge in [0.15, 0.2) is 17.5 Å². The Hall–Kier alpha value is -9.18. The van der Waals surface area contributed by atoms with Gasteiger partial charge in [0, 0.05) is 79.3 Å². The van der Waals surface area contributed by atoms with Crippen molar-refractivity contribution in [3.05, 3.63) is 262 Å². The number of aromatic nitrogens is 4. The van der Waals surface area contributed by atoms with E-state index in [1.54, 1.807) is 0 Å². The minimum absolute atomic E-state index is 0.0457. The van der Waals surface area contributed by atoms with Gasteiger partial charge in [-0.2, -0.15) is 0 Å². The van der Waals surface area contributed by atoms with Crippen LogP contribution in [0.4, 0.5) is 11.4 Å². The number of fused-ring (bicyclic) bond motifs is 14. The van der Waals surface area contributed by atoms with Gasteiger partial charge in [0.05, 0.1) is 29.0 Å². The fraction of sp³-hybridized carbons (Fsp3) is 0.227. The van der Waals surface area contributed by atoms with Crippen LogP contribution in [0.2, 0.25) is 0 Å². The molecular formula is C75H64N8O. The van der Waals surface area contributed by atoms with Crippen LogP contribution in [-0.4, -0.2) is 43.7 Å². The summed E-state index contributed by atoms with van der Waals surface area (Å²) in [4.78, 5) is 24.9. The second kappa shape index (κ2) is 19.5. The normalized spacial score (nSPS) is 25.0. The number of para-hydroxylation sites is 1. The largest absolute Gasteiger partial charge is 0.485 e. The smallest absolute Gasteiger partial charge is 0.166 e. The number of amidine groups is 1. The first-order chi connectivity index (χ1) is 41.4. The van der Waals surface area contributed by atoms with E-state index in [-0.39, 0.29) is 47.8 Å². The molecule has 3 aliphatic heterocycles. The van der Waals surface area contributed by atoms with E-state index in [1.165, 1.54) is 55.7 Å². The quantitative estimate of drug-likeness (QED) is 0.157. The van der Waals surface area contributed by atoms with E-state index in [9.17, 15) is 0 Å². The fourth-order valence-corrected chi connectivity index (χ4v) is 15.5. The van der Waals surface area contributed by atoms with Crippen molar-refractivity contribution in [2.24, 2.45) is 10.9 Å². The second-order valence-electron chi connectivity index (χ2n) is 24.4. The molecule has 0 amide bonds. The van der Waals surface area contributed by atoms with E-state index in [1.807, 2.05) is 6.07 Å². The summed E-state index contributed by atoms with van der Waals surface area (Å²) in [7, 11) is 0. The number of hydrogen-bond donors (Lipinski definition) is 2. The fourth-order valence-electron chi connectivity index (χ4n) is 15.5. The Kier molecular flexibility index (Phi) is 11.5. The number of hydrogen-bond acceptors (Lipinski definition) is 8. The molecule has 0 spiro atoms. The first-order valence-electron chi connectivity index (χ1n) is 30.4. The van der Waals surface area contributed by atoms with Crippen molar-refractivity contribution < 1.29 is 4.74 Å². The molecule has 17 rings (SSSR count). The molecule has 5 aromatic carbocycles. The van der Waals surface area contributed by atoms with Crippen LogP contribution in [0.25, 0.3) is 56.5 Å². The van der Waals surface area contributed by atoms with Gasteiger partial charge >= 0.3 is 0 Å². The zero-order valence-electron chi connectivity index (χ0n) is 47.3. The number of benzene rings is 5. The maximum absolute atomic E-state index is 6.52. The van der Waals surface area contributed by atoms with Crippen molar-refractivity contribution in [3.63, 3.8) is 0 Å². The second-order valence-corrected chi connectivity index (χ2v) is 24.4. The Balaban J connectivity index is 0.935. The van der Waals surface area contributed by atoms with Crippen molar-refractivity contribution in [2.45, 2.75) is 101 Å². The van der Waals surface area contributed by atoms with Crippen LogP contribution in [0.5, 0.6) is 5.75 Å². The molecule has 9 heteroatoms. The van der Waals surface area contributed by atoms with Gasteiger partial charge in [-0.15, -0.1) is 0 Å². The summed E-state index contributed by atoms with van der Waals surface area (Å²) in [5.74, 6) is 3.90. The van der Waals surface area contributed by atoms with Crippen LogP contribution in [0.1, 0.15) is 121 Å². The van der Waals surface area contributed by atoms with Gasteiger partial charge in [0.25, 0.3) is 0 Å². The third-order valence-corrected chi connectivity index (χ3v) is 19.3. The maximum atomic E-state index is 6.52. The molecule has 2 aromatic heterocycles. The number of aliphatic imine (C=N–C) groups is 1. The van der Waals surface area contributed by atoms with Crippen LogP contribution < -0.4 is 20.3 Å². The topological polar surface area (TPSA) is 92.5 Å². The highest BCUT2D eigenvalue weighted by atomic mass is 16.5. The summed E-state index contributed by atoms with van der Waals surface area (Å²) in [5.41, 5.74) is 20.9. The Bertz CT molecular complexity index is 4340. The summed E-state index contributed by atoms with van der Waals surface area (Å²) in [6.45, 7) is 5.00. The summed E-state index contributed by atoms with van der Waals surface area (Å²) in [5, 5.41) is 9.29. The molecule has 0 bridgehead atoms. The molecule has 410 valence electrons. The molecule has 7 aromatic rings. The first-order valence-corrected chi connectivity index (χ1v) is 30.4. The van der Waals surface area contributed by atoms with Crippen molar-refractivity contribution in [3.8, 4) is 28.5 Å². The van der Waals surface area contributed by atoms with Crippen LogP contribution in [-0.2, 0) is 11.8 Å². The Morgan fingerprint density at radius 2 is 1.44 bits per heavy atom. The molecule has 0 saturated heterocycles. The zero-order valence-corrected chi connectivity index (χ0v) is 47.3. The van der Waals surface area contributed by atoms with E-state index < -0.39 is 0 Å². The number of allylic oxidation sites excluding steroid dienone is 16. The predicted molar refractivity (Wildman–Crippen MR) is 341 cm³/mol. The van der Waals surface area contributed by atoms with Crippen LogP contribution in [0.15, 0.2) is 217 Å². The van der Waals surface area contributed by atoms with Gasteiger partial charge < -0.3 is 19.5 Å². The van der Waals surface area contributed by atoms with E-state index in [4.69, 9.17) is 24.7 Å². The lowest BCUT2D eigenvalue weighted by molar-refractivity contribution is 0.279. The van der Waals surface area contributed by atoms with Crippen LogP contribution in [0, 0.1) is 5.92 Å². The number of nitrogens with one attached hydrogen (secondary N) is 2. The highest BCUT2D eigenvalue weighted by molar-refractivity contribution is 6.14. The Morgan fingerprint density at radius 1 is 0.679 bits per heavy atom. The molecule has 84 heavy (non-hydrogen) atoms. The van der Waals surface area contributed by atoms with Gasteiger partial charge in [-0.1, -0.05) is 202 Å². The molecule has 5 heterocycles. The molecule has 7 unspecified atom stereocenters. The highest BCUT2D eigenvalue weighted by Crippen LogP contribution is 2.64. The summed E-state index contributed by atoms with van der Waals surface area (Å²) >= 11 is 0. The Morgan fingerprint density at radius 3 is 2.29 bits per heavy atom. The van der Waals surface area contributed by atoms with Crippen molar-refractivity contribution in [2.75, 3.05) is 4.90 Å². The molecule has 2 N–H and O–H groups in total. The van der Waals surface area contributed by atoms with E-state index >= 15 is 0 Å². The SMILES string of the molecule is CC1(C)C2=C(CCC=C2)c2c1c1c(c3c4c(n(C5C=CC=CC5)c23)CCC=C4)N(c2ccc(C3NC(c4ccccc4)=NC(C4C=CC=CC4)N3)cc2-c2nc(C3=CCC4Oc5ccccc5C4=C3)nc(-c3ccccc3)n2)C2C=CC=CC12. The number of rotatable bonds is 8. The highest BCUT2D eigenvalue weighted by Gasteiger charge is 2.51. The van der Waals surface area contributed by atoms with Crippen molar-refractivity contribution in [1.82, 2.24) is 30.2 Å². The average Bonchev–Trinajstić information content (AvgIpc) is 1.52. The molecule has 0 saturated carbocycles. The zero-order chi connectivity index (χ0) is 55.6. The third-order valence-electron chi connectivity index (χ3n) is 19.3. The van der Waals surface area contributed by atoms with E-state index in [0.717, 1.165) is 94.8 Å². The van der Waals surface area contributed by atoms with E-state index in [0.29, 0.717) is 23.9 Å². The molecule has 7 aliphatic carbocycles. The summed E-state index contributed by atoms with van der Waals surface area (Å²) < 4.78 is 9.31. The number of anilines is 2. The van der Waals surface area contributed by atoms with Crippen LogP contribution in [0.3, 0.4) is 0 Å². The molecule has 10 aliphatic rings. The standard InChI is InChI=1S/C75H64N8O/c1-75(2)57-35-19-15-32-52(57)63-66(75)64-53-33-16-21-37-59(53)83(68(64)65-54-34-17-20-36-58(54)82(67(63)65)50-29-13-6-14-30-50)60-41-39-48(72-77-69(45-23-7-3-8-24-45)76-70(78-72)46-25-9-4-10-26-46)44-56(60)74-80-71(47-27-11-5-12-28-47)79-73(81-74)49-40-42-62-55(43-49)51-31-18-22-38-61(51)84-62/h3-14,16-19,21-25,27-29,31,33-35,37-41,43-44,46,50,53,59,62,70,72,78H,15,20,26,30,32,36,42H2,1-2H3,(H,76,77). The van der Waals surface area contributed by atoms with Crippen LogP contribution >= 0.6 is 0 Å². The molecule has 0 radical (unpaired) electrons. The lowest BCUT2D eigenvalue weighted by atomic mass is 9.74. The lowest BCUT2D eigenvalue weighted by Crippen LogP contribution is -2.50. The number of nitrogens with zero attached hydrogens (tertiary/aromatic N) is 6. The molecular weight excluding hydrogens is 1030 g/mol.